The minimum atomic E-state index is -0.358. The third-order valence-electron chi connectivity index (χ3n) is 4.64. The molecule has 0 aliphatic carbocycles. The molecule has 1 aromatic heterocycles. The Kier molecular flexibility index (Phi) is 6.97. The monoisotopic (exact) mass is 382 g/mol. The Labute approximate surface area is 165 Å². The summed E-state index contributed by atoms with van der Waals surface area (Å²) in [7, 11) is 0. The molecule has 0 unspecified atom stereocenters. The Morgan fingerprint density at radius 3 is 2.54 bits per heavy atom. The number of carbonyl (C=O) groups excluding carboxylic acids is 2. The first kappa shape index (κ1) is 19.8. The summed E-state index contributed by atoms with van der Waals surface area (Å²) in [5.74, 6) is 0.394. The van der Waals surface area contributed by atoms with Crippen molar-refractivity contribution in [3.63, 3.8) is 0 Å². The van der Waals surface area contributed by atoms with E-state index in [4.69, 9.17) is 4.74 Å². The SMILES string of the molecule is CCOC(=O)c1ccc(NC2CCN(CC(=O)Nc3ccccc3)CC2)nc1. The Hall–Kier alpha value is -2.93. The molecule has 1 aromatic carbocycles. The van der Waals surface area contributed by atoms with Gasteiger partial charge in [0.1, 0.15) is 5.82 Å². The summed E-state index contributed by atoms with van der Waals surface area (Å²) < 4.78 is 4.96. The first-order chi connectivity index (χ1) is 13.6. The summed E-state index contributed by atoms with van der Waals surface area (Å²) in [6, 6.07) is 13.3. The maximum Gasteiger partial charge on any atom is 0.339 e. The van der Waals surface area contributed by atoms with Crippen molar-refractivity contribution in [2.24, 2.45) is 0 Å². The van der Waals surface area contributed by atoms with E-state index < -0.39 is 0 Å². The highest BCUT2D eigenvalue weighted by Gasteiger charge is 2.21. The van der Waals surface area contributed by atoms with Gasteiger partial charge < -0.3 is 15.4 Å². The standard InChI is InChI=1S/C21H26N4O3/c1-2-28-21(27)16-8-9-19(22-14-16)23-18-10-12-25(13-11-18)15-20(26)24-17-6-4-3-5-7-17/h3-9,14,18H,2,10-13,15H2,1H3,(H,22,23)(H,24,26). The van der Waals surface area contributed by atoms with Crippen LogP contribution in [0.1, 0.15) is 30.1 Å². The van der Waals surface area contributed by atoms with Crippen LogP contribution in [-0.4, -0.2) is 54.0 Å². The number of hydrogen-bond acceptors (Lipinski definition) is 6. The average Bonchev–Trinajstić information content (AvgIpc) is 2.71. The van der Waals surface area contributed by atoms with Gasteiger partial charge in [0, 0.05) is 31.0 Å². The number of rotatable bonds is 7. The van der Waals surface area contributed by atoms with Crippen LogP contribution in [0.15, 0.2) is 48.7 Å². The predicted octanol–water partition coefficient (Wildman–Crippen LogP) is 2.77. The summed E-state index contributed by atoms with van der Waals surface area (Å²) in [6.45, 7) is 4.22. The summed E-state index contributed by atoms with van der Waals surface area (Å²) in [6.07, 6.45) is 3.39. The zero-order valence-electron chi connectivity index (χ0n) is 16.1. The second-order valence-electron chi connectivity index (χ2n) is 6.76. The first-order valence-corrected chi connectivity index (χ1v) is 9.61. The van der Waals surface area contributed by atoms with Gasteiger partial charge in [-0.15, -0.1) is 0 Å². The van der Waals surface area contributed by atoms with E-state index in [0.717, 1.165) is 37.4 Å². The quantitative estimate of drug-likeness (QED) is 0.717. The molecule has 1 fully saturated rings. The van der Waals surface area contributed by atoms with Crippen LogP contribution in [0, 0.1) is 0 Å². The molecular formula is C21H26N4O3. The molecule has 7 heteroatoms. The van der Waals surface area contributed by atoms with Crippen LogP contribution in [0.4, 0.5) is 11.5 Å². The summed E-state index contributed by atoms with van der Waals surface area (Å²) in [4.78, 5) is 30.3. The Morgan fingerprint density at radius 2 is 1.89 bits per heavy atom. The van der Waals surface area contributed by atoms with Gasteiger partial charge in [-0.05, 0) is 44.0 Å². The number of esters is 1. The zero-order chi connectivity index (χ0) is 19.8. The molecule has 0 radical (unpaired) electrons. The fourth-order valence-electron chi connectivity index (χ4n) is 3.18. The highest BCUT2D eigenvalue weighted by Crippen LogP contribution is 2.16. The molecule has 1 aliphatic rings. The molecule has 3 rings (SSSR count). The number of nitrogens with zero attached hydrogens (tertiary/aromatic N) is 2. The molecule has 0 atom stereocenters. The molecule has 7 nitrogen and oxygen atoms in total. The van der Waals surface area contributed by atoms with Crippen LogP contribution in [0.3, 0.4) is 0 Å². The van der Waals surface area contributed by atoms with E-state index in [1.165, 1.54) is 6.20 Å². The number of likely N-dealkylation sites (tertiary alicyclic amines) is 1. The van der Waals surface area contributed by atoms with Crippen molar-refractivity contribution in [1.29, 1.82) is 0 Å². The van der Waals surface area contributed by atoms with E-state index in [-0.39, 0.29) is 11.9 Å². The molecule has 1 saturated heterocycles. The van der Waals surface area contributed by atoms with Crippen molar-refractivity contribution in [1.82, 2.24) is 9.88 Å². The van der Waals surface area contributed by atoms with Gasteiger partial charge in [0.15, 0.2) is 0 Å². The van der Waals surface area contributed by atoms with Gasteiger partial charge in [-0.3, -0.25) is 9.69 Å². The van der Waals surface area contributed by atoms with Gasteiger partial charge >= 0.3 is 5.97 Å². The third kappa shape index (κ3) is 5.79. The molecule has 2 aromatic rings. The molecule has 0 bridgehead atoms. The lowest BCUT2D eigenvalue weighted by molar-refractivity contribution is -0.117. The maximum atomic E-state index is 12.2. The van der Waals surface area contributed by atoms with Crippen molar-refractivity contribution in [2.75, 3.05) is 36.9 Å². The molecular weight excluding hydrogens is 356 g/mol. The normalized spacial score (nSPS) is 15.0. The number of ether oxygens (including phenoxy) is 1. The topological polar surface area (TPSA) is 83.6 Å². The zero-order valence-corrected chi connectivity index (χ0v) is 16.1. The number of piperidine rings is 1. The number of amides is 1. The lowest BCUT2D eigenvalue weighted by Gasteiger charge is -2.32. The number of pyridine rings is 1. The van der Waals surface area contributed by atoms with E-state index in [1.54, 1.807) is 19.1 Å². The molecule has 0 saturated carbocycles. The number of nitrogens with one attached hydrogen (secondary N) is 2. The fraction of sp³-hybridized carbons (Fsp3) is 0.381. The van der Waals surface area contributed by atoms with Crippen LogP contribution in [0.2, 0.25) is 0 Å². The van der Waals surface area contributed by atoms with Crippen LogP contribution >= 0.6 is 0 Å². The third-order valence-corrected chi connectivity index (χ3v) is 4.64. The van der Waals surface area contributed by atoms with Crippen LogP contribution in [0.5, 0.6) is 0 Å². The Morgan fingerprint density at radius 1 is 1.14 bits per heavy atom. The Bertz CT molecular complexity index is 772. The van der Waals surface area contributed by atoms with Gasteiger partial charge in [0.05, 0.1) is 18.7 Å². The minimum Gasteiger partial charge on any atom is -0.462 e. The summed E-state index contributed by atoms with van der Waals surface area (Å²) >= 11 is 0. The number of anilines is 2. The van der Waals surface area contributed by atoms with Crippen molar-refractivity contribution >= 4 is 23.4 Å². The molecule has 148 valence electrons. The predicted molar refractivity (Wildman–Crippen MR) is 108 cm³/mol. The highest BCUT2D eigenvalue weighted by atomic mass is 16.5. The van der Waals surface area contributed by atoms with Crippen LogP contribution in [0.25, 0.3) is 0 Å². The molecule has 28 heavy (non-hydrogen) atoms. The van der Waals surface area contributed by atoms with Gasteiger partial charge in [0.25, 0.3) is 0 Å². The van der Waals surface area contributed by atoms with Crippen molar-refractivity contribution in [2.45, 2.75) is 25.8 Å². The van der Waals surface area contributed by atoms with Gasteiger partial charge in [-0.25, -0.2) is 9.78 Å². The van der Waals surface area contributed by atoms with Gasteiger partial charge in [-0.2, -0.15) is 0 Å². The lowest BCUT2D eigenvalue weighted by Crippen LogP contribution is -2.42. The van der Waals surface area contributed by atoms with E-state index in [1.807, 2.05) is 30.3 Å². The van der Waals surface area contributed by atoms with E-state index in [2.05, 4.69) is 20.5 Å². The smallest absolute Gasteiger partial charge is 0.339 e. The van der Waals surface area contributed by atoms with E-state index in [9.17, 15) is 9.59 Å². The molecule has 0 spiro atoms. The Balaban J connectivity index is 1.41. The number of carbonyl (C=O) groups is 2. The van der Waals surface area contributed by atoms with E-state index >= 15 is 0 Å². The van der Waals surface area contributed by atoms with Gasteiger partial charge in [0.2, 0.25) is 5.91 Å². The summed E-state index contributed by atoms with van der Waals surface area (Å²) in [5, 5.41) is 6.32. The van der Waals surface area contributed by atoms with Gasteiger partial charge in [-0.1, -0.05) is 18.2 Å². The van der Waals surface area contributed by atoms with Crippen LogP contribution in [-0.2, 0) is 9.53 Å². The van der Waals surface area contributed by atoms with E-state index in [0.29, 0.717) is 24.8 Å². The second-order valence-corrected chi connectivity index (χ2v) is 6.76. The molecule has 1 amide bonds. The number of aromatic nitrogens is 1. The fourth-order valence-corrected chi connectivity index (χ4v) is 3.18. The lowest BCUT2D eigenvalue weighted by atomic mass is 10.0. The average molecular weight is 382 g/mol. The minimum absolute atomic E-state index is 0.00818. The number of hydrogen-bond donors (Lipinski definition) is 2. The van der Waals surface area contributed by atoms with Crippen LogP contribution < -0.4 is 10.6 Å². The molecule has 2 N–H and O–H groups in total. The molecule has 1 aliphatic heterocycles. The molecule has 2 heterocycles. The summed E-state index contributed by atoms with van der Waals surface area (Å²) in [5.41, 5.74) is 1.27. The number of para-hydroxylation sites is 1. The van der Waals surface area contributed by atoms with Crippen molar-refractivity contribution in [3.05, 3.63) is 54.2 Å². The highest BCUT2D eigenvalue weighted by molar-refractivity contribution is 5.92. The van der Waals surface area contributed by atoms with Crippen molar-refractivity contribution < 1.29 is 14.3 Å². The second kappa shape index (κ2) is 9.85. The maximum absolute atomic E-state index is 12.2. The first-order valence-electron chi connectivity index (χ1n) is 9.61. The largest absolute Gasteiger partial charge is 0.462 e. The van der Waals surface area contributed by atoms with Crippen molar-refractivity contribution in [3.8, 4) is 0 Å². The number of benzene rings is 1.